The second-order valence-corrected chi connectivity index (χ2v) is 11.4. The Morgan fingerprint density at radius 1 is 0.343 bits per heavy atom. The number of unbranched alkanes of at least 4 members (excludes halogenated alkanes) is 18. The predicted octanol–water partition coefficient (Wildman–Crippen LogP) is 10.6. The van der Waals surface area contributed by atoms with Gasteiger partial charge in [-0.05, 0) is 25.7 Å². The molecule has 0 saturated carbocycles. The summed E-state index contributed by atoms with van der Waals surface area (Å²) in [5, 5.41) is 23.2. The number of aliphatic hydroxyl groups is 2. The van der Waals surface area contributed by atoms with Crippen LogP contribution in [0.5, 0.6) is 0 Å². The minimum atomic E-state index is -1.18. The van der Waals surface area contributed by atoms with Gasteiger partial charge < -0.3 is 14.9 Å². The third-order valence-electron chi connectivity index (χ3n) is 7.56. The van der Waals surface area contributed by atoms with Gasteiger partial charge in [-0.3, -0.25) is 0 Å². The van der Waals surface area contributed by atoms with Crippen LogP contribution in [0.3, 0.4) is 0 Å². The molecule has 0 bridgehead atoms. The highest BCUT2D eigenvalue weighted by Crippen LogP contribution is 2.34. The molecule has 0 aromatic carbocycles. The fourth-order valence-electron chi connectivity index (χ4n) is 5.18. The number of hydrogen-bond acceptors (Lipinski definition) is 3. The van der Waals surface area contributed by atoms with E-state index in [2.05, 4.69) is 27.7 Å². The normalized spacial score (nSPS) is 15.3. The predicted molar refractivity (Wildman–Crippen MR) is 154 cm³/mol. The monoisotopic (exact) mass is 499 g/mol. The highest BCUT2D eigenvalue weighted by Gasteiger charge is 2.38. The van der Waals surface area contributed by atoms with Gasteiger partial charge in [0.2, 0.25) is 0 Å². The molecule has 0 aromatic heterocycles. The van der Waals surface area contributed by atoms with Crippen LogP contribution in [0.4, 0.5) is 0 Å². The lowest BCUT2D eigenvalue weighted by Crippen LogP contribution is -2.45. The Balaban J connectivity index is 4.91. The summed E-state index contributed by atoms with van der Waals surface area (Å²) in [5.74, 6) is -2.37. The van der Waals surface area contributed by atoms with Crippen molar-refractivity contribution in [1.29, 1.82) is 0 Å². The summed E-state index contributed by atoms with van der Waals surface area (Å²) in [6, 6.07) is 0. The maximum Gasteiger partial charge on any atom is 0.168 e. The first-order valence-electron chi connectivity index (χ1n) is 16.1. The zero-order chi connectivity index (χ0) is 26.1. The van der Waals surface area contributed by atoms with E-state index in [1.165, 1.54) is 89.9 Å². The van der Waals surface area contributed by atoms with Crippen molar-refractivity contribution < 1.29 is 14.9 Å². The second kappa shape index (κ2) is 24.2. The Labute approximate surface area is 221 Å². The maximum atomic E-state index is 11.6. The standard InChI is InChI=1S/C32H66O3/c1-5-9-13-17-19-21-25-29-31(33,27-23-15-11-7-3)35-32(34,28-24-16-12-8-4)30-26-22-20-18-14-10-6-2/h33-34H,5-30H2,1-4H3. The molecular weight excluding hydrogens is 432 g/mol. The molecule has 35 heavy (non-hydrogen) atoms. The molecular formula is C32H66O3. The Kier molecular flexibility index (Phi) is 24.1. The van der Waals surface area contributed by atoms with Crippen molar-refractivity contribution in [2.45, 2.75) is 206 Å². The third-order valence-corrected chi connectivity index (χ3v) is 7.56. The second-order valence-electron chi connectivity index (χ2n) is 11.4. The van der Waals surface area contributed by atoms with Crippen LogP contribution in [0.1, 0.15) is 195 Å². The van der Waals surface area contributed by atoms with Gasteiger partial charge >= 0.3 is 0 Å². The molecule has 212 valence electrons. The lowest BCUT2D eigenvalue weighted by atomic mass is 9.96. The number of ether oxygens (including phenoxy) is 1. The summed E-state index contributed by atoms with van der Waals surface area (Å²) in [5.41, 5.74) is 0. The largest absolute Gasteiger partial charge is 0.365 e. The number of rotatable bonds is 28. The smallest absolute Gasteiger partial charge is 0.168 e. The SMILES string of the molecule is CCCCCCCCCC(O)(CCCCCC)OC(O)(CCCCCC)CCCCCCCCC. The Hall–Kier alpha value is -0.120. The lowest BCUT2D eigenvalue weighted by molar-refractivity contribution is -0.343. The zero-order valence-electron chi connectivity index (χ0n) is 24.7. The van der Waals surface area contributed by atoms with E-state index in [9.17, 15) is 10.2 Å². The first-order valence-corrected chi connectivity index (χ1v) is 16.1. The summed E-state index contributed by atoms with van der Waals surface area (Å²) in [4.78, 5) is 0. The minimum Gasteiger partial charge on any atom is -0.365 e. The molecule has 0 aliphatic carbocycles. The Morgan fingerprint density at radius 3 is 0.800 bits per heavy atom. The Bertz CT molecular complexity index is 389. The lowest BCUT2D eigenvalue weighted by Gasteiger charge is -2.39. The molecule has 0 aromatic rings. The average molecular weight is 499 g/mol. The van der Waals surface area contributed by atoms with Crippen molar-refractivity contribution in [2.24, 2.45) is 0 Å². The van der Waals surface area contributed by atoms with E-state index >= 15 is 0 Å². The van der Waals surface area contributed by atoms with Gasteiger partial charge in [-0.15, -0.1) is 0 Å². The van der Waals surface area contributed by atoms with Crippen LogP contribution in [0.25, 0.3) is 0 Å². The molecule has 0 aliphatic rings. The first-order chi connectivity index (χ1) is 16.9. The van der Waals surface area contributed by atoms with E-state index in [1.807, 2.05) is 0 Å². The van der Waals surface area contributed by atoms with E-state index in [-0.39, 0.29) is 0 Å². The van der Waals surface area contributed by atoms with Gasteiger partial charge in [-0.2, -0.15) is 0 Å². The van der Waals surface area contributed by atoms with Crippen molar-refractivity contribution in [3.05, 3.63) is 0 Å². The zero-order valence-corrected chi connectivity index (χ0v) is 24.7. The van der Waals surface area contributed by atoms with Gasteiger partial charge in [0, 0.05) is 25.7 Å². The van der Waals surface area contributed by atoms with Crippen molar-refractivity contribution >= 4 is 0 Å². The molecule has 0 saturated heterocycles. The third kappa shape index (κ3) is 21.7. The van der Waals surface area contributed by atoms with E-state index in [1.54, 1.807) is 0 Å². The van der Waals surface area contributed by atoms with Gasteiger partial charge in [0.25, 0.3) is 0 Å². The topological polar surface area (TPSA) is 49.7 Å². The van der Waals surface area contributed by atoms with Crippen LogP contribution >= 0.6 is 0 Å². The van der Waals surface area contributed by atoms with Gasteiger partial charge in [-0.1, -0.05) is 143 Å². The van der Waals surface area contributed by atoms with Gasteiger partial charge in [0.1, 0.15) is 0 Å². The average Bonchev–Trinajstić information content (AvgIpc) is 2.83. The fraction of sp³-hybridized carbons (Fsp3) is 1.00. The molecule has 2 atom stereocenters. The van der Waals surface area contributed by atoms with Crippen LogP contribution in [-0.4, -0.2) is 21.8 Å². The molecule has 0 fully saturated rings. The summed E-state index contributed by atoms with van der Waals surface area (Å²) in [6.07, 6.45) is 28.8. The highest BCUT2D eigenvalue weighted by atomic mass is 16.7. The van der Waals surface area contributed by atoms with E-state index in [0.29, 0.717) is 25.7 Å². The van der Waals surface area contributed by atoms with E-state index in [0.717, 1.165) is 51.4 Å². The van der Waals surface area contributed by atoms with Crippen molar-refractivity contribution in [2.75, 3.05) is 0 Å². The molecule has 0 rings (SSSR count). The molecule has 0 spiro atoms. The first kappa shape index (κ1) is 34.9. The maximum absolute atomic E-state index is 11.6. The summed E-state index contributed by atoms with van der Waals surface area (Å²) < 4.78 is 6.39. The van der Waals surface area contributed by atoms with Gasteiger partial charge in [0.05, 0.1) is 0 Å². The van der Waals surface area contributed by atoms with E-state index < -0.39 is 11.6 Å². The van der Waals surface area contributed by atoms with E-state index in [4.69, 9.17) is 4.74 Å². The van der Waals surface area contributed by atoms with Crippen LogP contribution in [0.15, 0.2) is 0 Å². The van der Waals surface area contributed by atoms with Crippen molar-refractivity contribution in [3.63, 3.8) is 0 Å². The quantitative estimate of drug-likeness (QED) is 0.0832. The van der Waals surface area contributed by atoms with Crippen LogP contribution in [0, 0.1) is 0 Å². The minimum absolute atomic E-state index is 0.650. The molecule has 2 N–H and O–H groups in total. The summed E-state index contributed by atoms with van der Waals surface area (Å²) in [6.45, 7) is 8.95. The summed E-state index contributed by atoms with van der Waals surface area (Å²) >= 11 is 0. The molecule has 0 aliphatic heterocycles. The fourth-order valence-corrected chi connectivity index (χ4v) is 5.18. The van der Waals surface area contributed by atoms with Gasteiger partial charge in [-0.25, -0.2) is 0 Å². The number of hydrogen-bond donors (Lipinski definition) is 2. The van der Waals surface area contributed by atoms with Crippen molar-refractivity contribution in [1.82, 2.24) is 0 Å². The van der Waals surface area contributed by atoms with Crippen LogP contribution in [0.2, 0.25) is 0 Å². The molecule has 0 heterocycles. The van der Waals surface area contributed by atoms with Crippen LogP contribution in [-0.2, 0) is 4.74 Å². The van der Waals surface area contributed by atoms with Gasteiger partial charge in [0.15, 0.2) is 11.6 Å². The molecule has 3 nitrogen and oxygen atoms in total. The van der Waals surface area contributed by atoms with Crippen molar-refractivity contribution in [3.8, 4) is 0 Å². The van der Waals surface area contributed by atoms with Crippen LogP contribution < -0.4 is 0 Å². The highest BCUT2D eigenvalue weighted by molar-refractivity contribution is 4.77. The summed E-state index contributed by atoms with van der Waals surface area (Å²) in [7, 11) is 0. The Morgan fingerprint density at radius 2 is 0.543 bits per heavy atom. The molecule has 2 unspecified atom stereocenters. The molecule has 0 amide bonds. The molecule has 0 radical (unpaired) electrons. The molecule has 3 heteroatoms.